The van der Waals surface area contributed by atoms with E-state index in [9.17, 15) is 4.39 Å². The highest BCUT2D eigenvalue weighted by Gasteiger charge is 2.10. The highest BCUT2D eigenvalue weighted by Crippen LogP contribution is 2.21. The van der Waals surface area contributed by atoms with Gasteiger partial charge in [0.25, 0.3) is 0 Å². The van der Waals surface area contributed by atoms with Crippen LogP contribution in [0.5, 0.6) is 0 Å². The number of aromatic nitrogens is 2. The second kappa shape index (κ2) is 4.81. The number of hydrogen-bond acceptors (Lipinski definition) is 3. The van der Waals surface area contributed by atoms with Crippen LogP contribution in [-0.2, 0) is 6.54 Å². The molecule has 2 rings (SSSR count). The van der Waals surface area contributed by atoms with Crippen molar-refractivity contribution >= 4 is 0 Å². The zero-order valence-electron chi connectivity index (χ0n) is 8.94. The molecule has 0 amide bonds. The van der Waals surface area contributed by atoms with Gasteiger partial charge in [-0.05, 0) is 19.2 Å². The Morgan fingerprint density at radius 1 is 1.19 bits per heavy atom. The van der Waals surface area contributed by atoms with Crippen molar-refractivity contribution in [2.24, 2.45) is 0 Å². The van der Waals surface area contributed by atoms with Crippen molar-refractivity contribution in [1.29, 1.82) is 0 Å². The standard InChI is InChI=1S/C12H12FN3/c1-14-8-10-9(4-2-5-11(10)13)12-15-6-3-7-16-12/h2-7,14H,8H2,1H3. The molecule has 16 heavy (non-hydrogen) atoms. The Hall–Kier alpha value is -1.81. The van der Waals surface area contributed by atoms with Gasteiger partial charge >= 0.3 is 0 Å². The summed E-state index contributed by atoms with van der Waals surface area (Å²) in [6, 6.07) is 6.67. The topological polar surface area (TPSA) is 37.8 Å². The molecule has 3 nitrogen and oxygen atoms in total. The van der Waals surface area contributed by atoms with Gasteiger partial charge in [0.15, 0.2) is 5.82 Å². The van der Waals surface area contributed by atoms with Crippen LogP contribution in [0.15, 0.2) is 36.7 Å². The zero-order chi connectivity index (χ0) is 11.4. The van der Waals surface area contributed by atoms with Crippen molar-refractivity contribution in [3.8, 4) is 11.4 Å². The maximum absolute atomic E-state index is 13.6. The number of benzene rings is 1. The Morgan fingerprint density at radius 3 is 2.62 bits per heavy atom. The van der Waals surface area contributed by atoms with Gasteiger partial charge in [-0.2, -0.15) is 0 Å². The van der Waals surface area contributed by atoms with Crippen molar-refractivity contribution < 1.29 is 4.39 Å². The van der Waals surface area contributed by atoms with E-state index in [0.717, 1.165) is 5.56 Å². The molecule has 1 aromatic heterocycles. The Labute approximate surface area is 93.4 Å². The number of nitrogens with one attached hydrogen (secondary N) is 1. The number of rotatable bonds is 3. The van der Waals surface area contributed by atoms with Gasteiger partial charge in [-0.3, -0.25) is 0 Å². The van der Waals surface area contributed by atoms with Crippen LogP contribution in [0.2, 0.25) is 0 Å². The molecule has 2 aromatic rings. The minimum Gasteiger partial charge on any atom is -0.316 e. The van der Waals surface area contributed by atoms with Crippen LogP contribution in [-0.4, -0.2) is 17.0 Å². The lowest BCUT2D eigenvalue weighted by Crippen LogP contribution is -2.09. The lowest BCUT2D eigenvalue weighted by molar-refractivity contribution is 0.601. The molecule has 1 N–H and O–H groups in total. The fourth-order valence-corrected chi connectivity index (χ4v) is 1.56. The van der Waals surface area contributed by atoms with E-state index < -0.39 is 0 Å². The van der Waals surface area contributed by atoms with Crippen LogP contribution >= 0.6 is 0 Å². The van der Waals surface area contributed by atoms with E-state index in [2.05, 4.69) is 15.3 Å². The summed E-state index contributed by atoms with van der Waals surface area (Å²) in [5.74, 6) is 0.312. The van der Waals surface area contributed by atoms with Crippen molar-refractivity contribution in [3.63, 3.8) is 0 Å². The van der Waals surface area contributed by atoms with Gasteiger partial charge in [-0.15, -0.1) is 0 Å². The molecule has 4 heteroatoms. The minimum absolute atomic E-state index is 0.237. The van der Waals surface area contributed by atoms with Crippen LogP contribution < -0.4 is 5.32 Å². The first-order valence-corrected chi connectivity index (χ1v) is 5.02. The van der Waals surface area contributed by atoms with E-state index in [4.69, 9.17) is 0 Å². The van der Waals surface area contributed by atoms with Gasteiger partial charge in [-0.25, -0.2) is 14.4 Å². The van der Waals surface area contributed by atoms with E-state index in [0.29, 0.717) is 17.9 Å². The van der Waals surface area contributed by atoms with Crippen LogP contribution in [0.4, 0.5) is 4.39 Å². The third kappa shape index (κ3) is 2.06. The molecule has 0 aliphatic heterocycles. The van der Waals surface area contributed by atoms with Gasteiger partial charge in [0.05, 0.1) is 0 Å². The summed E-state index contributed by atoms with van der Waals surface area (Å²) in [5.41, 5.74) is 1.33. The lowest BCUT2D eigenvalue weighted by Gasteiger charge is -2.08. The van der Waals surface area contributed by atoms with Crippen LogP contribution in [0, 0.1) is 5.82 Å². The van der Waals surface area contributed by atoms with Crippen LogP contribution in [0.1, 0.15) is 5.56 Å². The van der Waals surface area contributed by atoms with Gasteiger partial charge < -0.3 is 5.32 Å². The molecule has 0 saturated heterocycles. The summed E-state index contributed by atoms with van der Waals surface area (Å²) >= 11 is 0. The minimum atomic E-state index is -0.237. The molecule has 0 spiro atoms. The lowest BCUT2D eigenvalue weighted by atomic mass is 10.1. The smallest absolute Gasteiger partial charge is 0.159 e. The first-order chi connectivity index (χ1) is 7.83. The molecule has 0 bridgehead atoms. The van der Waals surface area contributed by atoms with E-state index in [1.807, 2.05) is 6.07 Å². The first kappa shape index (κ1) is 10.7. The Balaban J connectivity index is 2.52. The number of hydrogen-bond donors (Lipinski definition) is 1. The molecule has 0 aliphatic carbocycles. The average molecular weight is 217 g/mol. The monoisotopic (exact) mass is 217 g/mol. The van der Waals surface area contributed by atoms with E-state index >= 15 is 0 Å². The van der Waals surface area contributed by atoms with E-state index in [1.165, 1.54) is 6.07 Å². The molecule has 0 aliphatic rings. The van der Waals surface area contributed by atoms with Gasteiger partial charge in [0.2, 0.25) is 0 Å². The van der Waals surface area contributed by atoms with Crippen LogP contribution in [0.25, 0.3) is 11.4 Å². The van der Waals surface area contributed by atoms with Gasteiger partial charge in [-0.1, -0.05) is 12.1 Å². The molecule has 0 atom stereocenters. The maximum atomic E-state index is 13.6. The Morgan fingerprint density at radius 2 is 1.94 bits per heavy atom. The van der Waals surface area contributed by atoms with E-state index in [1.54, 1.807) is 31.6 Å². The highest BCUT2D eigenvalue weighted by atomic mass is 19.1. The molecule has 0 saturated carbocycles. The summed E-state index contributed by atoms with van der Waals surface area (Å²) < 4.78 is 13.6. The van der Waals surface area contributed by atoms with Crippen molar-refractivity contribution in [2.75, 3.05) is 7.05 Å². The third-order valence-corrected chi connectivity index (χ3v) is 2.28. The third-order valence-electron chi connectivity index (χ3n) is 2.28. The summed E-state index contributed by atoms with van der Waals surface area (Å²) in [6.07, 6.45) is 3.30. The summed E-state index contributed by atoms with van der Waals surface area (Å²) in [5, 5.41) is 2.94. The Kier molecular flexibility index (Phi) is 3.22. The SMILES string of the molecule is CNCc1c(F)cccc1-c1ncccn1. The fourth-order valence-electron chi connectivity index (χ4n) is 1.56. The van der Waals surface area contributed by atoms with Gasteiger partial charge in [0, 0.05) is 30.1 Å². The van der Waals surface area contributed by atoms with Crippen molar-refractivity contribution in [3.05, 3.63) is 48.0 Å². The predicted octanol–water partition coefficient (Wildman–Crippen LogP) is 2.00. The molecular formula is C12H12FN3. The number of nitrogens with zero attached hydrogens (tertiary/aromatic N) is 2. The number of halogens is 1. The molecule has 0 fully saturated rings. The fraction of sp³-hybridized carbons (Fsp3) is 0.167. The highest BCUT2D eigenvalue weighted by molar-refractivity contribution is 5.60. The summed E-state index contributed by atoms with van der Waals surface area (Å²) in [6.45, 7) is 0.459. The maximum Gasteiger partial charge on any atom is 0.159 e. The normalized spacial score (nSPS) is 10.4. The quantitative estimate of drug-likeness (QED) is 0.854. The second-order valence-electron chi connectivity index (χ2n) is 3.37. The van der Waals surface area contributed by atoms with Crippen molar-refractivity contribution in [2.45, 2.75) is 6.54 Å². The summed E-state index contributed by atoms with van der Waals surface area (Å²) in [4.78, 5) is 8.25. The molecule has 0 unspecified atom stereocenters. The largest absolute Gasteiger partial charge is 0.316 e. The van der Waals surface area contributed by atoms with E-state index in [-0.39, 0.29) is 5.82 Å². The van der Waals surface area contributed by atoms with Crippen LogP contribution in [0.3, 0.4) is 0 Å². The Bertz CT molecular complexity index is 471. The predicted molar refractivity (Wildman–Crippen MR) is 60.2 cm³/mol. The average Bonchev–Trinajstić information content (AvgIpc) is 2.33. The molecular weight excluding hydrogens is 205 g/mol. The van der Waals surface area contributed by atoms with Gasteiger partial charge in [0.1, 0.15) is 5.82 Å². The summed E-state index contributed by atoms with van der Waals surface area (Å²) in [7, 11) is 1.78. The zero-order valence-corrected chi connectivity index (χ0v) is 8.94. The molecule has 1 aromatic carbocycles. The second-order valence-corrected chi connectivity index (χ2v) is 3.37. The van der Waals surface area contributed by atoms with Crippen molar-refractivity contribution in [1.82, 2.24) is 15.3 Å². The first-order valence-electron chi connectivity index (χ1n) is 5.02. The molecule has 0 radical (unpaired) electrons. The molecule has 1 heterocycles. The molecule has 82 valence electrons.